The molecule has 1 amide bonds. The van der Waals surface area contributed by atoms with Gasteiger partial charge in [0.05, 0.1) is 21.9 Å². The number of hydrogen-bond donors (Lipinski definition) is 1. The number of carbonyl (C=O) groups excluding carboxylic acids is 1. The molecule has 2 heterocycles. The van der Waals surface area contributed by atoms with Gasteiger partial charge in [-0.3, -0.25) is 9.69 Å². The molecule has 0 radical (unpaired) electrons. The summed E-state index contributed by atoms with van der Waals surface area (Å²) in [6.07, 6.45) is 8.49. The van der Waals surface area contributed by atoms with Gasteiger partial charge in [0, 0.05) is 31.7 Å². The summed E-state index contributed by atoms with van der Waals surface area (Å²) in [5, 5.41) is 4.38. The highest BCUT2D eigenvalue weighted by Crippen LogP contribution is 2.36. The van der Waals surface area contributed by atoms with E-state index < -0.39 is 0 Å². The van der Waals surface area contributed by atoms with E-state index in [0.717, 1.165) is 69.0 Å². The molecule has 6 nitrogen and oxygen atoms in total. The molecule has 1 N–H and O–H groups in total. The third kappa shape index (κ3) is 5.41. The number of aromatic nitrogens is 1. The van der Waals surface area contributed by atoms with Crippen LogP contribution in [-0.2, 0) is 0 Å². The number of nitrogens with one attached hydrogen (secondary N) is 1. The fourth-order valence-corrected chi connectivity index (χ4v) is 5.48. The summed E-state index contributed by atoms with van der Waals surface area (Å²) in [7, 11) is 0. The molecule has 174 valence electrons. The second-order valence-electron chi connectivity index (χ2n) is 9.19. The molecule has 2 aromatic rings. The van der Waals surface area contributed by atoms with Crippen LogP contribution in [0.25, 0.3) is 0 Å². The van der Waals surface area contributed by atoms with Gasteiger partial charge >= 0.3 is 5.91 Å². The number of anilines is 1. The average molecular weight is 479 g/mol. The van der Waals surface area contributed by atoms with Crippen LogP contribution in [-0.4, -0.2) is 54.1 Å². The van der Waals surface area contributed by atoms with Crippen molar-refractivity contribution in [3.63, 3.8) is 0 Å². The van der Waals surface area contributed by atoms with Gasteiger partial charge in [-0.05, 0) is 70.0 Å². The molecule has 1 aromatic heterocycles. The fraction of sp³-hybridized carbons (Fsp3) is 0.583. The summed E-state index contributed by atoms with van der Waals surface area (Å²) >= 11 is 12.9. The Hall–Kier alpha value is -1.76. The van der Waals surface area contributed by atoms with Gasteiger partial charge in [-0.2, -0.15) is 0 Å². The van der Waals surface area contributed by atoms with E-state index in [9.17, 15) is 4.79 Å². The molecule has 1 aliphatic heterocycles. The summed E-state index contributed by atoms with van der Waals surface area (Å²) < 4.78 is 5.08. The van der Waals surface area contributed by atoms with Gasteiger partial charge in [-0.25, -0.2) is 4.98 Å². The van der Waals surface area contributed by atoms with Crippen LogP contribution in [0.1, 0.15) is 55.3 Å². The number of benzene rings is 1. The zero-order valence-electron chi connectivity index (χ0n) is 18.8. The van der Waals surface area contributed by atoms with Crippen molar-refractivity contribution >= 4 is 34.8 Å². The molecular weight excluding hydrogens is 447 g/mol. The molecule has 2 aliphatic rings. The predicted octanol–water partition coefficient (Wildman–Crippen LogP) is 5.18. The lowest BCUT2D eigenvalue weighted by atomic mass is 9.84. The minimum absolute atomic E-state index is 0.148. The number of hydrogen-bond acceptors (Lipinski definition) is 5. The lowest BCUT2D eigenvalue weighted by Crippen LogP contribution is -2.52. The summed E-state index contributed by atoms with van der Waals surface area (Å²) in [6.45, 7) is 8.39. The number of piperazine rings is 1. The molecular formula is C24H32Cl2N4O2. The van der Waals surface area contributed by atoms with Crippen LogP contribution in [0, 0.1) is 12.8 Å². The molecule has 32 heavy (non-hydrogen) atoms. The van der Waals surface area contributed by atoms with Gasteiger partial charge in [0.15, 0.2) is 0 Å². The zero-order chi connectivity index (χ0) is 22.7. The molecule has 0 bridgehead atoms. The number of halogens is 2. The summed E-state index contributed by atoms with van der Waals surface area (Å²) in [6, 6.07) is 4.75. The van der Waals surface area contributed by atoms with Crippen molar-refractivity contribution in [2.45, 2.75) is 58.0 Å². The van der Waals surface area contributed by atoms with Crippen LogP contribution in [0.5, 0.6) is 0 Å². The third-order valence-electron chi connectivity index (χ3n) is 6.94. The van der Waals surface area contributed by atoms with Crippen molar-refractivity contribution in [1.29, 1.82) is 0 Å². The van der Waals surface area contributed by atoms with Crippen LogP contribution in [0.15, 0.2) is 29.0 Å². The maximum Gasteiger partial charge on any atom is 0.307 e. The highest BCUT2D eigenvalue weighted by molar-refractivity contribution is 6.44. The van der Waals surface area contributed by atoms with E-state index in [1.165, 1.54) is 18.9 Å². The monoisotopic (exact) mass is 478 g/mol. The van der Waals surface area contributed by atoms with Gasteiger partial charge in [-0.1, -0.05) is 29.3 Å². The van der Waals surface area contributed by atoms with Gasteiger partial charge in [-0.15, -0.1) is 0 Å². The highest BCUT2D eigenvalue weighted by Gasteiger charge is 2.28. The SMILES string of the molecule is Cc1ccc(N2CCN(CC[C@H]3CC[C@H](NC(=O)c4ncco4)CC3)C[C@H]2C)c(Cl)c1Cl. The number of amides is 1. The Balaban J connectivity index is 1.20. The van der Waals surface area contributed by atoms with Gasteiger partial charge in [0.1, 0.15) is 6.26 Å². The molecule has 1 aromatic carbocycles. The Bertz CT molecular complexity index is 913. The van der Waals surface area contributed by atoms with Crippen LogP contribution in [0.2, 0.25) is 10.0 Å². The quantitative estimate of drug-likeness (QED) is 0.619. The summed E-state index contributed by atoms with van der Waals surface area (Å²) in [5.74, 6) is 0.665. The molecule has 0 spiro atoms. The highest BCUT2D eigenvalue weighted by atomic mass is 35.5. The summed E-state index contributed by atoms with van der Waals surface area (Å²) in [4.78, 5) is 21.0. The zero-order valence-corrected chi connectivity index (χ0v) is 20.3. The van der Waals surface area contributed by atoms with E-state index in [1.54, 1.807) is 0 Å². The number of rotatable bonds is 6. The lowest BCUT2D eigenvalue weighted by molar-refractivity contribution is 0.0884. The molecule has 0 unspecified atom stereocenters. The molecule has 1 aliphatic carbocycles. The Morgan fingerprint density at radius 2 is 1.97 bits per heavy atom. The van der Waals surface area contributed by atoms with Crippen molar-refractivity contribution in [3.8, 4) is 0 Å². The van der Waals surface area contributed by atoms with Gasteiger partial charge < -0.3 is 14.6 Å². The van der Waals surface area contributed by atoms with Gasteiger partial charge in [0.25, 0.3) is 5.89 Å². The van der Waals surface area contributed by atoms with Crippen molar-refractivity contribution < 1.29 is 9.21 Å². The molecule has 1 saturated carbocycles. The minimum atomic E-state index is -0.208. The first-order valence-electron chi connectivity index (χ1n) is 11.6. The Labute approximate surface area is 200 Å². The van der Waals surface area contributed by atoms with E-state index in [0.29, 0.717) is 16.1 Å². The maximum absolute atomic E-state index is 12.1. The number of carbonyl (C=O) groups is 1. The molecule has 2 fully saturated rings. The van der Waals surface area contributed by atoms with Crippen molar-refractivity contribution in [1.82, 2.24) is 15.2 Å². The third-order valence-corrected chi connectivity index (χ3v) is 7.90. The number of oxazole rings is 1. The van der Waals surface area contributed by atoms with Crippen LogP contribution in [0.4, 0.5) is 5.69 Å². The number of nitrogens with zero attached hydrogens (tertiary/aromatic N) is 3. The van der Waals surface area contributed by atoms with Crippen molar-refractivity contribution in [2.24, 2.45) is 5.92 Å². The Morgan fingerprint density at radius 1 is 1.19 bits per heavy atom. The normalized spacial score (nSPS) is 24.5. The topological polar surface area (TPSA) is 61.6 Å². The van der Waals surface area contributed by atoms with Crippen molar-refractivity contribution in [3.05, 3.63) is 46.1 Å². The Morgan fingerprint density at radius 3 is 2.66 bits per heavy atom. The first-order chi connectivity index (χ1) is 15.4. The average Bonchev–Trinajstić information content (AvgIpc) is 3.33. The standard InChI is InChI=1S/C24H32Cl2N4O2/c1-16-3-8-20(22(26)21(16)25)30-13-12-29(15-17(30)2)11-9-18-4-6-19(7-5-18)28-23(31)24-27-10-14-32-24/h3,8,10,14,17-19H,4-7,9,11-13,15H2,1-2H3,(H,28,31)/t17-,18-,19-/m1/s1. The predicted molar refractivity (Wildman–Crippen MR) is 129 cm³/mol. The van der Waals surface area contributed by atoms with Gasteiger partial charge in [0.2, 0.25) is 0 Å². The first kappa shape index (κ1) is 23.4. The minimum Gasteiger partial charge on any atom is -0.441 e. The number of aryl methyl sites for hydroxylation is 1. The van der Waals surface area contributed by atoms with E-state index in [1.807, 2.05) is 13.0 Å². The van der Waals surface area contributed by atoms with E-state index in [2.05, 4.69) is 33.1 Å². The lowest BCUT2D eigenvalue weighted by Gasteiger charge is -2.42. The van der Waals surface area contributed by atoms with E-state index in [4.69, 9.17) is 27.6 Å². The largest absolute Gasteiger partial charge is 0.441 e. The van der Waals surface area contributed by atoms with Crippen LogP contribution >= 0.6 is 23.2 Å². The van der Waals surface area contributed by atoms with E-state index in [-0.39, 0.29) is 17.8 Å². The smallest absolute Gasteiger partial charge is 0.307 e. The first-order valence-corrected chi connectivity index (χ1v) is 12.3. The fourth-order valence-electron chi connectivity index (χ4n) is 4.99. The van der Waals surface area contributed by atoms with Crippen LogP contribution < -0.4 is 10.2 Å². The van der Waals surface area contributed by atoms with E-state index >= 15 is 0 Å². The molecule has 8 heteroatoms. The molecule has 1 saturated heterocycles. The second-order valence-corrected chi connectivity index (χ2v) is 9.95. The molecule has 1 atom stereocenters. The Kier molecular flexibility index (Phi) is 7.64. The van der Waals surface area contributed by atoms with Crippen molar-refractivity contribution in [2.75, 3.05) is 31.1 Å². The maximum atomic E-state index is 12.1. The second kappa shape index (κ2) is 10.4. The summed E-state index contributed by atoms with van der Waals surface area (Å²) in [5.41, 5.74) is 2.05. The molecule has 4 rings (SSSR count). The van der Waals surface area contributed by atoms with Crippen LogP contribution in [0.3, 0.4) is 0 Å².